The molecule has 1 unspecified atom stereocenters. The van der Waals surface area contributed by atoms with Gasteiger partial charge < -0.3 is 18.9 Å². The molecule has 0 aromatic heterocycles. The molecule has 54 heavy (non-hydrogen) atoms. The van der Waals surface area contributed by atoms with Gasteiger partial charge in [-0.1, -0.05) is 141 Å². The molecule has 0 saturated heterocycles. The number of phosphoric ester groups is 1. The van der Waals surface area contributed by atoms with Crippen LogP contribution < -0.4 is 0 Å². The molecule has 0 aromatic rings. The molecule has 0 heterocycles. The number of phosphoric acid groups is 1. The summed E-state index contributed by atoms with van der Waals surface area (Å²) < 4.78 is 34.3. The number of carbonyl (C=O) groups excluding carboxylic acids is 2. The van der Waals surface area contributed by atoms with E-state index in [0.717, 1.165) is 44.9 Å². The van der Waals surface area contributed by atoms with Crippen molar-refractivity contribution in [1.29, 1.82) is 0 Å². The van der Waals surface area contributed by atoms with Gasteiger partial charge in [0.05, 0.1) is 27.7 Å². The minimum absolute atomic E-state index is 0.0299. The highest BCUT2D eigenvalue weighted by atomic mass is 31.2. The minimum atomic E-state index is -4.37. The van der Waals surface area contributed by atoms with E-state index in [0.29, 0.717) is 17.4 Å². The van der Waals surface area contributed by atoms with Gasteiger partial charge >= 0.3 is 19.8 Å². The van der Waals surface area contributed by atoms with Crippen molar-refractivity contribution in [3.8, 4) is 0 Å². The zero-order valence-corrected chi connectivity index (χ0v) is 36.6. The van der Waals surface area contributed by atoms with Gasteiger partial charge in [0, 0.05) is 12.8 Å². The smallest absolute Gasteiger partial charge is 0.462 e. The molecule has 0 spiro atoms. The number of rotatable bonds is 40. The highest BCUT2D eigenvalue weighted by Gasteiger charge is 2.27. The number of hydrogen-bond donors (Lipinski definition) is 1. The average Bonchev–Trinajstić information content (AvgIpc) is 3.12. The van der Waals surface area contributed by atoms with Gasteiger partial charge in [-0.25, -0.2) is 4.57 Å². The normalized spacial score (nSPS) is 13.8. The Balaban J connectivity index is 4.35. The zero-order valence-electron chi connectivity index (χ0n) is 35.7. The van der Waals surface area contributed by atoms with E-state index in [9.17, 15) is 19.0 Å². The second-order valence-electron chi connectivity index (χ2n) is 16.1. The fourth-order valence-corrected chi connectivity index (χ4v) is 6.69. The van der Waals surface area contributed by atoms with Crippen molar-refractivity contribution in [3.63, 3.8) is 0 Å². The van der Waals surface area contributed by atoms with Gasteiger partial charge in [0.25, 0.3) is 0 Å². The highest BCUT2D eigenvalue weighted by molar-refractivity contribution is 7.47. The Labute approximate surface area is 332 Å². The lowest BCUT2D eigenvalue weighted by Gasteiger charge is -2.24. The molecule has 1 N–H and O–H groups in total. The van der Waals surface area contributed by atoms with Gasteiger partial charge in [-0.2, -0.15) is 0 Å². The van der Waals surface area contributed by atoms with Crippen LogP contribution in [0.25, 0.3) is 0 Å². The van der Waals surface area contributed by atoms with Crippen LogP contribution in [0.2, 0.25) is 0 Å². The summed E-state index contributed by atoms with van der Waals surface area (Å²) in [6.45, 7) is 4.39. The number of nitrogens with zero attached hydrogens (tertiary/aromatic N) is 1. The van der Waals surface area contributed by atoms with Crippen LogP contribution in [0.4, 0.5) is 0 Å². The number of likely N-dealkylation sites (N-methyl/N-ethyl adjacent to an activating group) is 1. The van der Waals surface area contributed by atoms with Crippen LogP contribution in [0.5, 0.6) is 0 Å². The molecular weight excluding hydrogens is 701 g/mol. The summed E-state index contributed by atoms with van der Waals surface area (Å²) in [6.07, 6.45) is 39.3. The SMILES string of the molecule is CCCCCC/C=C/CCCCCCCCCCCC(=O)OC[C@H](COP(=O)(O)OCC[N+](C)(C)C)OC(=O)CCCCC/C=C/CCCCCCCC. The van der Waals surface area contributed by atoms with Crippen molar-refractivity contribution < 1.29 is 42.1 Å². The van der Waals surface area contributed by atoms with E-state index in [-0.39, 0.29) is 32.0 Å². The van der Waals surface area contributed by atoms with E-state index in [1.54, 1.807) is 0 Å². The Hall–Kier alpha value is -1.51. The summed E-state index contributed by atoms with van der Waals surface area (Å²) in [4.78, 5) is 35.3. The molecule has 10 heteroatoms. The summed E-state index contributed by atoms with van der Waals surface area (Å²) in [5.41, 5.74) is 0. The summed E-state index contributed by atoms with van der Waals surface area (Å²) in [5.74, 6) is -0.816. The summed E-state index contributed by atoms with van der Waals surface area (Å²) >= 11 is 0. The van der Waals surface area contributed by atoms with Crippen LogP contribution in [0.1, 0.15) is 194 Å². The van der Waals surface area contributed by atoms with E-state index in [4.69, 9.17) is 18.5 Å². The van der Waals surface area contributed by atoms with Crippen molar-refractivity contribution in [2.75, 3.05) is 47.5 Å². The summed E-state index contributed by atoms with van der Waals surface area (Å²) in [5, 5.41) is 0. The van der Waals surface area contributed by atoms with Gasteiger partial charge in [0.15, 0.2) is 6.10 Å². The van der Waals surface area contributed by atoms with Crippen LogP contribution in [-0.2, 0) is 32.7 Å². The maximum absolute atomic E-state index is 12.7. The Bertz CT molecular complexity index is 980. The molecular formula is C44H85NO8P+. The lowest BCUT2D eigenvalue weighted by molar-refractivity contribution is -0.870. The molecule has 0 amide bonds. The molecule has 318 valence electrons. The third-order valence-electron chi connectivity index (χ3n) is 9.45. The highest BCUT2D eigenvalue weighted by Crippen LogP contribution is 2.43. The first-order valence-electron chi connectivity index (χ1n) is 22.1. The third kappa shape index (κ3) is 40.2. The second kappa shape index (κ2) is 37.1. The number of unbranched alkanes of at least 4 members (excludes halogenated alkanes) is 22. The Kier molecular flexibility index (Phi) is 36.1. The predicted octanol–water partition coefficient (Wildman–Crippen LogP) is 12.4. The van der Waals surface area contributed by atoms with Crippen molar-refractivity contribution in [2.24, 2.45) is 0 Å². The number of allylic oxidation sites excluding steroid dienone is 4. The van der Waals surface area contributed by atoms with Crippen molar-refractivity contribution >= 4 is 19.8 Å². The molecule has 0 rings (SSSR count). The molecule has 0 aliphatic carbocycles. The van der Waals surface area contributed by atoms with E-state index in [2.05, 4.69) is 38.2 Å². The topological polar surface area (TPSA) is 108 Å². The molecule has 0 saturated carbocycles. The molecule has 0 aromatic carbocycles. The summed E-state index contributed by atoms with van der Waals surface area (Å²) in [6, 6.07) is 0. The molecule has 0 aliphatic heterocycles. The molecule has 0 aliphatic rings. The van der Waals surface area contributed by atoms with Crippen LogP contribution in [0.15, 0.2) is 24.3 Å². The number of quaternary nitrogens is 1. The lowest BCUT2D eigenvalue weighted by atomic mass is 10.1. The van der Waals surface area contributed by atoms with Crippen LogP contribution in [0.3, 0.4) is 0 Å². The average molecular weight is 787 g/mol. The lowest BCUT2D eigenvalue weighted by Crippen LogP contribution is -2.37. The first-order valence-corrected chi connectivity index (χ1v) is 23.6. The van der Waals surface area contributed by atoms with E-state index in [1.165, 1.54) is 116 Å². The zero-order chi connectivity index (χ0) is 40.0. The van der Waals surface area contributed by atoms with E-state index >= 15 is 0 Å². The van der Waals surface area contributed by atoms with Crippen molar-refractivity contribution in [3.05, 3.63) is 24.3 Å². The van der Waals surface area contributed by atoms with E-state index in [1.807, 2.05) is 21.1 Å². The summed E-state index contributed by atoms with van der Waals surface area (Å²) in [7, 11) is 1.47. The first-order chi connectivity index (χ1) is 26.0. The van der Waals surface area contributed by atoms with E-state index < -0.39 is 26.5 Å². The maximum atomic E-state index is 12.7. The van der Waals surface area contributed by atoms with Gasteiger partial charge in [0.2, 0.25) is 0 Å². The monoisotopic (exact) mass is 787 g/mol. The molecule has 0 radical (unpaired) electrons. The molecule has 2 atom stereocenters. The van der Waals surface area contributed by atoms with Crippen molar-refractivity contribution in [2.45, 2.75) is 200 Å². The maximum Gasteiger partial charge on any atom is 0.472 e. The molecule has 0 bridgehead atoms. The standard InChI is InChI=1S/C44H84NO8P/c1-6-8-10-12-14-16-18-20-21-22-23-25-26-28-30-32-34-36-43(46)50-40-42(41-52-54(48,49)51-39-38-45(3,4)5)53-44(47)37-35-33-31-29-27-24-19-17-15-13-11-9-7-2/h16,18,24,27,42H,6-15,17,19-23,25-26,28-41H2,1-5H3/p+1/b18-16+,27-24+/t42-/m1/s1. The van der Waals surface area contributed by atoms with Gasteiger partial charge in [-0.05, 0) is 64.2 Å². The van der Waals surface area contributed by atoms with Gasteiger partial charge in [-0.15, -0.1) is 0 Å². The third-order valence-corrected chi connectivity index (χ3v) is 10.4. The first kappa shape index (κ1) is 52.5. The second-order valence-corrected chi connectivity index (χ2v) is 17.5. The van der Waals surface area contributed by atoms with Crippen molar-refractivity contribution in [1.82, 2.24) is 0 Å². The van der Waals surface area contributed by atoms with Gasteiger partial charge in [-0.3, -0.25) is 18.6 Å². The van der Waals surface area contributed by atoms with Crippen LogP contribution in [0, 0.1) is 0 Å². The molecule has 9 nitrogen and oxygen atoms in total. The number of carbonyl (C=O) groups is 2. The van der Waals surface area contributed by atoms with Crippen LogP contribution >= 0.6 is 7.82 Å². The largest absolute Gasteiger partial charge is 0.472 e. The predicted molar refractivity (Wildman–Crippen MR) is 224 cm³/mol. The Morgan fingerprint density at radius 3 is 1.41 bits per heavy atom. The number of ether oxygens (including phenoxy) is 2. The fraction of sp³-hybridized carbons (Fsp3) is 0.864. The Morgan fingerprint density at radius 2 is 0.944 bits per heavy atom. The van der Waals surface area contributed by atoms with Crippen LogP contribution in [-0.4, -0.2) is 74.9 Å². The quantitative estimate of drug-likeness (QED) is 0.0215. The molecule has 0 fully saturated rings. The fourth-order valence-electron chi connectivity index (χ4n) is 5.94. The number of esters is 2. The number of hydrogen-bond acceptors (Lipinski definition) is 7. The Morgan fingerprint density at radius 1 is 0.556 bits per heavy atom. The minimum Gasteiger partial charge on any atom is -0.462 e. The van der Waals surface area contributed by atoms with Gasteiger partial charge in [0.1, 0.15) is 19.8 Å².